The van der Waals surface area contributed by atoms with Crippen molar-refractivity contribution in [2.75, 3.05) is 13.7 Å². The van der Waals surface area contributed by atoms with Gasteiger partial charge in [0.15, 0.2) is 12.4 Å². The first-order valence-corrected chi connectivity index (χ1v) is 8.07. The quantitative estimate of drug-likeness (QED) is 0.719. The van der Waals surface area contributed by atoms with E-state index >= 15 is 0 Å². The lowest BCUT2D eigenvalue weighted by atomic mass is 10.2. The van der Waals surface area contributed by atoms with Crippen LogP contribution in [0.3, 0.4) is 0 Å². The van der Waals surface area contributed by atoms with Gasteiger partial charge in [-0.25, -0.2) is 0 Å². The van der Waals surface area contributed by atoms with E-state index in [2.05, 4.69) is 15.9 Å². The van der Waals surface area contributed by atoms with E-state index in [1.165, 1.54) is 0 Å². The predicted molar refractivity (Wildman–Crippen MR) is 92.6 cm³/mol. The molecule has 0 saturated heterocycles. The number of amides is 1. The first-order chi connectivity index (χ1) is 10.5. The van der Waals surface area contributed by atoms with Crippen LogP contribution in [0, 0.1) is 0 Å². The lowest BCUT2D eigenvalue weighted by molar-refractivity contribution is -0.132. The van der Waals surface area contributed by atoms with E-state index in [4.69, 9.17) is 27.9 Å². The molecule has 0 heterocycles. The summed E-state index contributed by atoms with van der Waals surface area (Å²) < 4.78 is 6.13. The average Bonchev–Trinajstić information content (AvgIpc) is 2.46. The van der Waals surface area contributed by atoms with Gasteiger partial charge >= 0.3 is 0 Å². The molecule has 0 aliphatic carbocycles. The Labute approximate surface area is 147 Å². The van der Waals surface area contributed by atoms with Crippen LogP contribution in [0.1, 0.15) is 5.56 Å². The number of likely N-dealkylation sites (N-methyl/N-ethyl adjacent to an activating group) is 1. The lowest BCUT2D eigenvalue weighted by Gasteiger charge is -2.18. The maximum atomic E-state index is 12.1. The van der Waals surface area contributed by atoms with Crippen molar-refractivity contribution in [3.05, 3.63) is 62.5 Å². The summed E-state index contributed by atoms with van der Waals surface area (Å²) in [7, 11) is 1.73. The van der Waals surface area contributed by atoms with Crippen molar-refractivity contribution in [3.8, 4) is 5.75 Å². The van der Waals surface area contributed by atoms with E-state index in [1.54, 1.807) is 24.1 Å². The highest BCUT2D eigenvalue weighted by Crippen LogP contribution is 2.36. The number of hydrogen-bond acceptors (Lipinski definition) is 2. The Kier molecular flexibility index (Phi) is 6.12. The highest BCUT2D eigenvalue weighted by molar-refractivity contribution is 9.10. The van der Waals surface area contributed by atoms with Gasteiger partial charge in [-0.15, -0.1) is 0 Å². The van der Waals surface area contributed by atoms with E-state index in [-0.39, 0.29) is 12.5 Å². The van der Waals surface area contributed by atoms with Crippen LogP contribution in [0.4, 0.5) is 0 Å². The van der Waals surface area contributed by atoms with Gasteiger partial charge in [0.25, 0.3) is 5.91 Å². The van der Waals surface area contributed by atoms with Crippen LogP contribution >= 0.6 is 39.1 Å². The summed E-state index contributed by atoms with van der Waals surface area (Å²) in [5.74, 6) is 0.272. The highest BCUT2D eigenvalue weighted by atomic mass is 79.9. The molecule has 0 atom stereocenters. The third-order valence-electron chi connectivity index (χ3n) is 2.99. The van der Waals surface area contributed by atoms with Crippen LogP contribution < -0.4 is 4.74 Å². The van der Waals surface area contributed by atoms with Crippen molar-refractivity contribution in [1.82, 2.24) is 4.90 Å². The SMILES string of the molecule is CN(Cc1ccccc1)C(=O)COc1c(Cl)cc(Cl)cc1Br. The van der Waals surface area contributed by atoms with Crippen molar-refractivity contribution in [2.24, 2.45) is 0 Å². The number of hydrogen-bond donors (Lipinski definition) is 0. The van der Waals surface area contributed by atoms with Gasteiger partial charge in [0.2, 0.25) is 0 Å². The van der Waals surface area contributed by atoms with Crippen LogP contribution in [0.5, 0.6) is 5.75 Å². The molecule has 0 unspecified atom stereocenters. The molecular weight excluding hydrogens is 389 g/mol. The molecule has 0 radical (unpaired) electrons. The van der Waals surface area contributed by atoms with Gasteiger partial charge in [0.05, 0.1) is 9.50 Å². The molecule has 0 aromatic heterocycles. The average molecular weight is 403 g/mol. The van der Waals surface area contributed by atoms with Crippen molar-refractivity contribution < 1.29 is 9.53 Å². The molecule has 0 aliphatic rings. The summed E-state index contributed by atoms with van der Waals surface area (Å²) in [4.78, 5) is 13.7. The Morgan fingerprint density at radius 1 is 1.23 bits per heavy atom. The van der Waals surface area contributed by atoms with Gasteiger partial charge in [-0.2, -0.15) is 0 Å². The second-order valence-electron chi connectivity index (χ2n) is 4.72. The number of carbonyl (C=O) groups is 1. The zero-order chi connectivity index (χ0) is 16.1. The maximum Gasteiger partial charge on any atom is 0.260 e. The zero-order valence-electron chi connectivity index (χ0n) is 11.9. The van der Waals surface area contributed by atoms with E-state index in [9.17, 15) is 4.79 Å². The predicted octanol–water partition coefficient (Wildman–Crippen LogP) is 4.79. The number of halogens is 3. The number of ether oxygens (including phenoxy) is 1. The standard InChI is InChI=1S/C16H14BrCl2NO2/c1-20(9-11-5-3-2-4-6-11)15(21)10-22-16-13(17)7-12(18)8-14(16)19/h2-8H,9-10H2,1H3. The fourth-order valence-corrected chi connectivity index (χ4v) is 3.22. The minimum absolute atomic E-state index is 0.0940. The Balaban J connectivity index is 1.95. The fourth-order valence-electron chi connectivity index (χ4n) is 1.86. The van der Waals surface area contributed by atoms with Crippen LogP contribution in [0.15, 0.2) is 46.9 Å². The molecule has 0 N–H and O–H groups in total. The number of nitrogens with zero attached hydrogens (tertiary/aromatic N) is 1. The smallest absolute Gasteiger partial charge is 0.260 e. The van der Waals surface area contributed by atoms with Gasteiger partial charge in [0.1, 0.15) is 0 Å². The molecule has 3 nitrogen and oxygen atoms in total. The third-order valence-corrected chi connectivity index (χ3v) is 4.08. The van der Waals surface area contributed by atoms with Gasteiger partial charge in [-0.1, -0.05) is 53.5 Å². The van der Waals surface area contributed by atoms with Crippen molar-refractivity contribution in [2.45, 2.75) is 6.54 Å². The van der Waals surface area contributed by atoms with Crippen molar-refractivity contribution in [1.29, 1.82) is 0 Å². The Morgan fingerprint density at radius 3 is 2.55 bits per heavy atom. The molecule has 2 aromatic carbocycles. The van der Waals surface area contributed by atoms with Crippen molar-refractivity contribution >= 4 is 45.0 Å². The van der Waals surface area contributed by atoms with Crippen molar-refractivity contribution in [3.63, 3.8) is 0 Å². The molecule has 0 saturated carbocycles. The van der Waals surface area contributed by atoms with Gasteiger partial charge in [-0.05, 0) is 33.6 Å². The Hall–Kier alpha value is -1.23. The van der Waals surface area contributed by atoms with E-state index in [1.807, 2.05) is 30.3 Å². The molecule has 116 valence electrons. The molecule has 0 aliphatic heterocycles. The van der Waals surface area contributed by atoms with Gasteiger partial charge in [-0.3, -0.25) is 4.79 Å². The van der Waals surface area contributed by atoms with Gasteiger partial charge in [0, 0.05) is 18.6 Å². The Morgan fingerprint density at radius 2 is 1.91 bits per heavy atom. The summed E-state index contributed by atoms with van der Waals surface area (Å²) >= 11 is 15.3. The summed E-state index contributed by atoms with van der Waals surface area (Å²) in [5, 5.41) is 0.856. The summed E-state index contributed by atoms with van der Waals surface area (Å²) in [6, 6.07) is 13.0. The fraction of sp³-hybridized carbons (Fsp3) is 0.188. The molecule has 6 heteroatoms. The molecule has 0 spiro atoms. The van der Waals surface area contributed by atoms with E-state index in [0.717, 1.165) is 5.56 Å². The second kappa shape index (κ2) is 7.86. The molecular formula is C16H14BrCl2NO2. The molecule has 0 bridgehead atoms. The topological polar surface area (TPSA) is 29.5 Å². The van der Waals surface area contributed by atoms with Gasteiger partial charge < -0.3 is 9.64 Å². The molecule has 2 aromatic rings. The van der Waals surface area contributed by atoms with Crippen LogP contribution in [-0.2, 0) is 11.3 Å². The molecule has 2 rings (SSSR count). The second-order valence-corrected chi connectivity index (χ2v) is 6.42. The van der Waals surface area contributed by atoms with E-state index in [0.29, 0.717) is 26.8 Å². The highest BCUT2D eigenvalue weighted by Gasteiger charge is 2.14. The summed E-state index contributed by atoms with van der Waals surface area (Å²) in [6.07, 6.45) is 0. The summed E-state index contributed by atoms with van der Waals surface area (Å²) in [5.41, 5.74) is 1.06. The first kappa shape index (κ1) is 17.1. The minimum atomic E-state index is -0.137. The summed E-state index contributed by atoms with van der Waals surface area (Å²) in [6.45, 7) is 0.432. The van der Waals surface area contributed by atoms with E-state index < -0.39 is 0 Å². The monoisotopic (exact) mass is 401 g/mol. The lowest BCUT2D eigenvalue weighted by Crippen LogP contribution is -2.31. The normalized spacial score (nSPS) is 10.4. The number of benzene rings is 2. The molecule has 0 fully saturated rings. The molecule has 1 amide bonds. The zero-order valence-corrected chi connectivity index (χ0v) is 15.0. The largest absolute Gasteiger partial charge is 0.481 e. The number of carbonyl (C=O) groups excluding carboxylic acids is 1. The minimum Gasteiger partial charge on any atom is -0.481 e. The molecule has 22 heavy (non-hydrogen) atoms. The van der Waals surface area contributed by atoms with Crippen LogP contribution in [0.2, 0.25) is 10.0 Å². The Bertz CT molecular complexity index is 641. The number of rotatable bonds is 5. The van der Waals surface area contributed by atoms with Crippen LogP contribution in [0.25, 0.3) is 0 Å². The third kappa shape index (κ3) is 4.63. The maximum absolute atomic E-state index is 12.1. The van der Waals surface area contributed by atoms with Crippen LogP contribution in [-0.4, -0.2) is 24.5 Å². The first-order valence-electron chi connectivity index (χ1n) is 6.52.